The highest BCUT2D eigenvalue weighted by Crippen LogP contribution is 2.18. The van der Waals surface area contributed by atoms with E-state index in [4.69, 9.17) is 5.73 Å². The summed E-state index contributed by atoms with van der Waals surface area (Å²) in [6.45, 7) is 5.85. The van der Waals surface area contributed by atoms with Gasteiger partial charge in [-0.3, -0.25) is 9.59 Å². The zero-order valence-electron chi connectivity index (χ0n) is 12.8. The summed E-state index contributed by atoms with van der Waals surface area (Å²) in [4.78, 5) is 22.5. The number of nitrogens with two attached hydrogens (primary N) is 1. The van der Waals surface area contributed by atoms with E-state index in [1.807, 2.05) is 19.9 Å². The van der Waals surface area contributed by atoms with Crippen molar-refractivity contribution in [2.24, 2.45) is 11.7 Å². The molecule has 0 aromatic heterocycles. The van der Waals surface area contributed by atoms with E-state index in [0.29, 0.717) is 12.0 Å². The number of rotatable bonds is 7. The molecule has 0 spiro atoms. The molecule has 0 saturated carbocycles. The standard InChI is InChI=1S/C16H23FN2O2/c1-10(2)12-5-6-13(14(17)8-12)9-19-16(21)11(3)4-7-15(18)20/h5-6,8,10-11H,4,7,9H2,1-3H3,(H2,18,20)(H,19,21)/t11-/m0/s1. The van der Waals surface area contributed by atoms with Gasteiger partial charge in [0.15, 0.2) is 0 Å². The lowest BCUT2D eigenvalue weighted by Gasteiger charge is -2.13. The Morgan fingerprint density at radius 3 is 2.48 bits per heavy atom. The van der Waals surface area contributed by atoms with Crippen molar-refractivity contribution in [1.29, 1.82) is 0 Å². The van der Waals surface area contributed by atoms with E-state index in [-0.39, 0.29) is 36.5 Å². The minimum absolute atomic E-state index is 0.143. The quantitative estimate of drug-likeness (QED) is 0.811. The van der Waals surface area contributed by atoms with E-state index in [1.54, 1.807) is 13.0 Å². The zero-order valence-corrected chi connectivity index (χ0v) is 12.8. The van der Waals surface area contributed by atoms with Crippen molar-refractivity contribution in [2.75, 3.05) is 0 Å². The first-order chi connectivity index (χ1) is 9.81. The lowest BCUT2D eigenvalue weighted by atomic mass is 10.0. The number of amides is 2. The summed E-state index contributed by atoms with van der Waals surface area (Å²) in [7, 11) is 0. The summed E-state index contributed by atoms with van der Waals surface area (Å²) in [6, 6.07) is 5.06. The highest BCUT2D eigenvalue weighted by molar-refractivity contribution is 5.79. The molecule has 0 bridgehead atoms. The van der Waals surface area contributed by atoms with E-state index in [1.165, 1.54) is 6.07 Å². The van der Waals surface area contributed by atoms with Crippen LogP contribution in [0.15, 0.2) is 18.2 Å². The second kappa shape index (κ2) is 7.76. The summed E-state index contributed by atoms with van der Waals surface area (Å²) in [5.74, 6) is -1.01. The van der Waals surface area contributed by atoms with Crippen LogP contribution in [0, 0.1) is 11.7 Å². The van der Waals surface area contributed by atoms with Gasteiger partial charge in [-0.1, -0.05) is 32.9 Å². The molecule has 0 fully saturated rings. The van der Waals surface area contributed by atoms with Crippen LogP contribution in [0.5, 0.6) is 0 Å². The summed E-state index contributed by atoms with van der Waals surface area (Å²) in [5, 5.41) is 2.68. The molecule has 0 heterocycles. The lowest BCUT2D eigenvalue weighted by molar-refractivity contribution is -0.125. The van der Waals surface area contributed by atoms with Crippen molar-refractivity contribution in [3.63, 3.8) is 0 Å². The Hall–Kier alpha value is -1.91. The first kappa shape index (κ1) is 17.1. The summed E-state index contributed by atoms with van der Waals surface area (Å²) in [6.07, 6.45) is 0.571. The van der Waals surface area contributed by atoms with Crippen molar-refractivity contribution in [1.82, 2.24) is 5.32 Å². The van der Waals surface area contributed by atoms with Gasteiger partial charge >= 0.3 is 0 Å². The summed E-state index contributed by atoms with van der Waals surface area (Å²) >= 11 is 0. The van der Waals surface area contributed by atoms with Crippen LogP contribution in [0.1, 0.15) is 50.7 Å². The van der Waals surface area contributed by atoms with Crippen LogP contribution in [0.2, 0.25) is 0 Å². The maximum atomic E-state index is 13.9. The third-order valence-corrected chi connectivity index (χ3v) is 3.47. The first-order valence-corrected chi connectivity index (χ1v) is 7.15. The van der Waals surface area contributed by atoms with Crippen LogP contribution >= 0.6 is 0 Å². The van der Waals surface area contributed by atoms with Crippen LogP contribution in [-0.2, 0) is 16.1 Å². The maximum Gasteiger partial charge on any atom is 0.223 e. The minimum atomic E-state index is -0.426. The number of nitrogens with one attached hydrogen (secondary N) is 1. The molecule has 5 heteroatoms. The average molecular weight is 294 g/mol. The smallest absolute Gasteiger partial charge is 0.223 e. The molecule has 0 unspecified atom stereocenters. The number of benzene rings is 1. The molecular weight excluding hydrogens is 271 g/mol. The summed E-state index contributed by atoms with van der Waals surface area (Å²) < 4.78 is 13.9. The van der Waals surface area contributed by atoms with Crippen molar-refractivity contribution >= 4 is 11.8 Å². The highest BCUT2D eigenvalue weighted by Gasteiger charge is 2.14. The van der Waals surface area contributed by atoms with Gasteiger partial charge in [-0.15, -0.1) is 0 Å². The topological polar surface area (TPSA) is 72.2 Å². The molecule has 0 saturated heterocycles. The van der Waals surface area contributed by atoms with Gasteiger partial charge in [0.2, 0.25) is 11.8 Å². The number of carbonyl (C=O) groups is 2. The number of primary amides is 1. The van der Waals surface area contributed by atoms with Crippen molar-refractivity contribution in [3.05, 3.63) is 35.1 Å². The van der Waals surface area contributed by atoms with Crippen LogP contribution in [0.4, 0.5) is 4.39 Å². The lowest BCUT2D eigenvalue weighted by Crippen LogP contribution is -2.29. The van der Waals surface area contributed by atoms with Gasteiger partial charge in [0.05, 0.1) is 0 Å². The monoisotopic (exact) mass is 294 g/mol. The number of halogens is 1. The van der Waals surface area contributed by atoms with E-state index in [9.17, 15) is 14.0 Å². The predicted octanol–water partition coefficient (Wildman–Crippen LogP) is 2.47. The van der Waals surface area contributed by atoms with Crippen LogP contribution in [0.25, 0.3) is 0 Å². The number of hydrogen-bond acceptors (Lipinski definition) is 2. The molecule has 2 amide bonds. The molecule has 21 heavy (non-hydrogen) atoms. The van der Waals surface area contributed by atoms with Gasteiger partial charge < -0.3 is 11.1 Å². The molecule has 0 aliphatic rings. The van der Waals surface area contributed by atoms with Crippen LogP contribution < -0.4 is 11.1 Å². The fourth-order valence-electron chi connectivity index (χ4n) is 1.91. The maximum absolute atomic E-state index is 13.9. The molecule has 1 aromatic carbocycles. The van der Waals surface area contributed by atoms with Crippen molar-refractivity contribution in [2.45, 2.75) is 46.1 Å². The van der Waals surface area contributed by atoms with Crippen molar-refractivity contribution < 1.29 is 14.0 Å². The molecule has 0 aliphatic heterocycles. The molecule has 3 N–H and O–H groups in total. The minimum Gasteiger partial charge on any atom is -0.370 e. The molecular formula is C16H23FN2O2. The molecule has 1 rings (SSSR count). The SMILES string of the molecule is CC(C)c1ccc(CNC(=O)[C@@H](C)CCC(N)=O)c(F)c1. The Morgan fingerprint density at radius 2 is 1.95 bits per heavy atom. The second-order valence-electron chi connectivity index (χ2n) is 5.63. The Bertz CT molecular complexity index is 515. The Labute approximate surface area is 124 Å². The zero-order chi connectivity index (χ0) is 16.0. The van der Waals surface area contributed by atoms with Crippen molar-refractivity contribution in [3.8, 4) is 0 Å². The third kappa shape index (κ3) is 5.53. The van der Waals surface area contributed by atoms with E-state index < -0.39 is 5.91 Å². The van der Waals surface area contributed by atoms with Crippen LogP contribution in [-0.4, -0.2) is 11.8 Å². The fourth-order valence-corrected chi connectivity index (χ4v) is 1.91. The Balaban J connectivity index is 2.55. The van der Waals surface area contributed by atoms with E-state index in [0.717, 1.165) is 5.56 Å². The van der Waals surface area contributed by atoms with Gasteiger partial charge in [0.1, 0.15) is 5.82 Å². The average Bonchev–Trinajstić information content (AvgIpc) is 2.42. The Kier molecular flexibility index (Phi) is 6.34. The van der Waals surface area contributed by atoms with Gasteiger partial charge in [0, 0.05) is 24.4 Å². The number of carbonyl (C=O) groups excluding carboxylic acids is 2. The summed E-state index contributed by atoms with van der Waals surface area (Å²) in [5.41, 5.74) is 6.43. The van der Waals surface area contributed by atoms with E-state index in [2.05, 4.69) is 5.32 Å². The fraction of sp³-hybridized carbons (Fsp3) is 0.500. The van der Waals surface area contributed by atoms with Gasteiger partial charge in [-0.2, -0.15) is 0 Å². The largest absolute Gasteiger partial charge is 0.370 e. The first-order valence-electron chi connectivity index (χ1n) is 7.15. The van der Waals surface area contributed by atoms with Gasteiger partial charge in [-0.25, -0.2) is 4.39 Å². The number of hydrogen-bond donors (Lipinski definition) is 2. The second-order valence-corrected chi connectivity index (χ2v) is 5.63. The predicted molar refractivity (Wildman–Crippen MR) is 79.9 cm³/mol. The molecule has 0 radical (unpaired) electrons. The normalized spacial score (nSPS) is 12.2. The highest BCUT2D eigenvalue weighted by atomic mass is 19.1. The molecule has 116 valence electrons. The Morgan fingerprint density at radius 1 is 1.29 bits per heavy atom. The molecule has 0 aliphatic carbocycles. The molecule has 4 nitrogen and oxygen atoms in total. The molecule has 1 atom stereocenters. The van der Waals surface area contributed by atoms with Gasteiger partial charge in [0.25, 0.3) is 0 Å². The van der Waals surface area contributed by atoms with Crippen LogP contribution in [0.3, 0.4) is 0 Å². The van der Waals surface area contributed by atoms with Gasteiger partial charge in [-0.05, 0) is 24.0 Å². The van der Waals surface area contributed by atoms with E-state index >= 15 is 0 Å². The molecule has 1 aromatic rings. The third-order valence-electron chi connectivity index (χ3n) is 3.47.